The molecule has 2 atom stereocenters. The normalized spacial score (nSPS) is 21.8. The molecule has 0 spiro atoms. The first-order valence-corrected chi connectivity index (χ1v) is 9.17. The van der Waals surface area contributed by atoms with E-state index < -0.39 is 10.0 Å². The Kier molecular flexibility index (Phi) is 3.40. The molecule has 124 valence electrons. The maximum absolute atomic E-state index is 11.8. The van der Waals surface area contributed by atoms with Gasteiger partial charge in [0.15, 0.2) is 6.17 Å². The van der Waals surface area contributed by atoms with Crippen molar-refractivity contribution in [1.29, 1.82) is 0 Å². The van der Waals surface area contributed by atoms with Crippen LogP contribution in [0.5, 0.6) is 0 Å². The summed E-state index contributed by atoms with van der Waals surface area (Å²) in [5.41, 5.74) is 2.63. The average Bonchev–Trinajstić information content (AvgIpc) is 3.19. The molecule has 24 heavy (non-hydrogen) atoms. The van der Waals surface area contributed by atoms with Gasteiger partial charge in [-0.1, -0.05) is 12.1 Å². The number of fused-ring (bicyclic) bond motifs is 3. The van der Waals surface area contributed by atoms with Crippen molar-refractivity contribution in [2.24, 2.45) is 9.98 Å². The molecular formula is C16H17N5O2S. The SMILES string of the molecule is CNS(=O)(=O)c1ccc(-c2nc(C)n3c2C=NC2N=CCC23)cc1. The number of sulfonamides is 1. The van der Waals surface area contributed by atoms with Gasteiger partial charge in [0, 0.05) is 18.2 Å². The Morgan fingerprint density at radius 1 is 1.21 bits per heavy atom. The van der Waals surface area contributed by atoms with Gasteiger partial charge in [-0.2, -0.15) is 0 Å². The van der Waals surface area contributed by atoms with E-state index in [1.165, 1.54) is 7.05 Å². The summed E-state index contributed by atoms with van der Waals surface area (Å²) in [6.07, 6.45) is 4.53. The van der Waals surface area contributed by atoms with Crippen molar-refractivity contribution in [2.75, 3.05) is 7.05 Å². The van der Waals surface area contributed by atoms with Crippen LogP contribution in [0.25, 0.3) is 11.3 Å². The van der Waals surface area contributed by atoms with Gasteiger partial charge in [0.1, 0.15) is 5.82 Å². The molecule has 2 aliphatic rings. The zero-order chi connectivity index (χ0) is 16.9. The second kappa shape index (κ2) is 5.35. The molecule has 1 N–H and O–H groups in total. The van der Waals surface area contributed by atoms with E-state index in [9.17, 15) is 8.42 Å². The van der Waals surface area contributed by atoms with Gasteiger partial charge in [-0.25, -0.2) is 18.1 Å². The van der Waals surface area contributed by atoms with E-state index in [1.807, 2.05) is 19.4 Å². The van der Waals surface area contributed by atoms with Crippen molar-refractivity contribution in [3.05, 3.63) is 35.8 Å². The van der Waals surface area contributed by atoms with E-state index in [2.05, 4.69) is 24.3 Å². The number of aliphatic imine (C=N–C) groups is 2. The van der Waals surface area contributed by atoms with Gasteiger partial charge in [-0.05, 0) is 26.1 Å². The number of nitrogens with one attached hydrogen (secondary N) is 1. The summed E-state index contributed by atoms with van der Waals surface area (Å²) in [4.78, 5) is 13.8. The van der Waals surface area contributed by atoms with Gasteiger partial charge in [0.2, 0.25) is 10.0 Å². The lowest BCUT2D eigenvalue weighted by Gasteiger charge is -2.23. The summed E-state index contributed by atoms with van der Waals surface area (Å²) in [6.45, 7) is 1.97. The van der Waals surface area contributed by atoms with Crippen LogP contribution in [0.2, 0.25) is 0 Å². The third-order valence-corrected chi connectivity index (χ3v) is 5.89. The minimum atomic E-state index is -3.44. The standard InChI is InChI=1S/C16H17N5O2S/c1-10-20-15(11-3-5-12(6-4-11)24(22,23)17-2)14-9-19-16-13(21(10)14)7-8-18-16/h3-6,8-9,13,16-17H,7H2,1-2H3. The molecule has 0 aliphatic carbocycles. The highest BCUT2D eigenvalue weighted by molar-refractivity contribution is 7.89. The lowest BCUT2D eigenvalue weighted by atomic mass is 10.1. The fraction of sp³-hybridized carbons (Fsp3) is 0.312. The Balaban J connectivity index is 1.78. The Hall–Kier alpha value is -2.32. The second-order valence-corrected chi connectivity index (χ2v) is 7.71. The van der Waals surface area contributed by atoms with Crippen LogP contribution >= 0.6 is 0 Å². The number of hydrogen-bond donors (Lipinski definition) is 1. The summed E-state index contributed by atoms with van der Waals surface area (Å²) in [5.74, 6) is 0.915. The van der Waals surface area contributed by atoms with Gasteiger partial charge in [0.25, 0.3) is 0 Å². The molecule has 2 aromatic rings. The first-order chi connectivity index (χ1) is 11.5. The van der Waals surface area contributed by atoms with E-state index in [4.69, 9.17) is 0 Å². The van der Waals surface area contributed by atoms with Crippen LogP contribution < -0.4 is 4.72 Å². The largest absolute Gasteiger partial charge is 0.319 e. The molecule has 0 fully saturated rings. The second-order valence-electron chi connectivity index (χ2n) is 5.82. The van der Waals surface area contributed by atoms with Crippen molar-refractivity contribution in [1.82, 2.24) is 14.3 Å². The van der Waals surface area contributed by atoms with Gasteiger partial charge in [0.05, 0.1) is 28.5 Å². The van der Waals surface area contributed by atoms with Crippen molar-refractivity contribution in [2.45, 2.75) is 30.4 Å². The number of imidazole rings is 1. The molecule has 3 heterocycles. The predicted octanol–water partition coefficient (Wildman–Crippen LogP) is 1.54. The molecule has 0 bridgehead atoms. The van der Waals surface area contributed by atoms with E-state index in [-0.39, 0.29) is 17.1 Å². The number of benzene rings is 1. The minimum Gasteiger partial charge on any atom is -0.319 e. The highest BCUT2D eigenvalue weighted by atomic mass is 32.2. The lowest BCUT2D eigenvalue weighted by molar-refractivity contribution is 0.440. The first-order valence-electron chi connectivity index (χ1n) is 7.69. The van der Waals surface area contributed by atoms with E-state index in [1.54, 1.807) is 24.3 Å². The zero-order valence-corrected chi connectivity index (χ0v) is 14.2. The molecule has 0 radical (unpaired) electrons. The van der Waals surface area contributed by atoms with Crippen molar-refractivity contribution < 1.29 is 8.42 Å². The molecular weight excluding hydrogens is 326 g/mol. The number of rotatable bonds is 3. The molecule has 2 unspecified atom stereocenters. The number of nitrogens with zero attached hydrogens (tertiary/aromatic N) is 4. The summed E-state index contributed by atoms with van der Waals surface area (Å²) in [7, 11) is -2.04. The van der Waals surface area contributed by atoms with Crippen LogP contribution in [0.15, 0.2) is 39.1 Å². The number of hydrogen-bond acceptors (Lipinski definition) is 5. The average molecular weight is 343 g/mol. The molecule has 0 saturated carbocycles. The topological polar surface area (TPSA) is 88.7 Å². The van der Waals surface area contributed by atoms with Gasteiger partial charge in [-0.15, -0.1) is 0 Å². The smallest absolute Gasteiger partial charge is 0.240 e. The molecule has 1 aromatic carbocycles. The summed E-state index contributed by atoms with van der Waals surface area (Å²) >= 11 is 0. The van der Waals surface area contributed by atoms with Crippen molar-refractivity contribution in [3.63, 3.8) is 0 Å². The van der Waals surface area contributed by atoms with E-state index in [0.29, 0.717) is 0 Å². The molecule has 2 aliphatic heterocycles. The van der Waals surface area contributed by atoms with Crippen LogP contribution in [-0.4, -0.2) is 43.6 Å². The Labute approximate surface area is 140 Å². The highest BCUT2D eigenvalue weighted by Crippen LogP contribution is 2.34. The third kappa shape index (κ3) is 2.22. The summed E-state index contributed by atoms with van der Waals surface area (Å²) < 4.78 is 28.2. The fourth-order valence-electron chi connectivity index (χ4n) is 3.25. The minimum absolute atomic E-state index is 0.0543. The Morgan fingerprint density at radius 2 is 1.96 bits per heavy atom. The zero-order valence-electron chi connectivity index (χ0n) is 13.3. The van der Waals surface area contributed by atoms with Crippen LogP contribution in [-0.2, 0) is 10.0 Å². The highest BCUT2D eigenvalue weighted by Gasteiger charge is 2.32. The molecule has 1 aromatic heterocycles. The molecule has 8 heteroatoms. The van der Waals surface area contributed by atoms with Crippen LogP contribution in [0, 0.1) is 6.92 Å². The van der Waals surface area contributed by atoms with E-state index in [0.717, 1.165) is 29.2 Å². The lowest BCUT2D eigenvalue weighted by Crippen LogP contribution is -2.24. The Bertz CT molecular complexity index is 957. The number of aryl methyl sites for hydroxylation is 1. The summed E-state index contributed by atoms with van der Waals surface area (Å²) in [5, 5.41) is 0. The molecule has 7 nitrogen and oxygen atoms in total. The summed E-state index contributed by atoms with van der Waals surface area (Å²) in [6, 6.07) is 6.92. The molecule has 0 amide bonds. The van der Waals surface area contributed by atoms with Gasteiger partial charge >= 0.3 is 0 Å². The maximum Gasteiger partial charge on any atom is 0.240 e. The van der Waals surface area contributed by atoms with Crippen LogP contribution in [0.4, 0.5) is 0 Å². The number of aromatic nitrogens is 2. The van der Waals surface area contributed by atoms with E-state index >= 15 is 0 Å². The fourth-order valence-corrected chi connectivity index (χ4v) is 3.98. The van der Waals surface area contributed by atoms with Gasteiger partial charge in [-0.3, -0.25) is 9.98 Å². The first kappa shape index (κ1) is 15.2. The predicted molar refractivity (Wildman–Crippen MR) is 92.2 cm³/mol. The van der Waals surface area contributed by atoms with Crippen LogP contribution in [0.3, 0.4) is 0 Å². The maximum atomic E-state index is 11.8. The monoisotopic (exact) mass is 343 g/mol. The Morgan fingerprint density at radius 3 is 2.67 bits per heavy atom. The van der Waals surface area contributed by atoms with Crippen molar-refractivity contribution >= 4 is 22.5 Å². The molecule has 4 rings (SSSR count). The van der Waals surface area contributed by atoms with Crippen LogP contribution in [0.1, 0.15) is 24.0 Å². The van der Waals surface area contributed by atoms with Crippen molar-refractivity contribution in [3.8, 4) is 11.3 Å². The van der Waals surface area contributed by atoms with Gasteiger partial charge < -0.3 is 4.57 Å². The molecule has 0 saturated heterocycles. The third-order valence-electron chi connectivity index (χ3n) is 4.46. The quantitative estimate of drug-likeness (QED) is 0.917.